The number of benzene rings is 1. The Morgan fingerprint density at radius 1 is 1.38 bits per heavy atom. The zero-order valence-electron chi connectivity index (χ0n) is 12.1. The predicted octanol–water partition coefficient (Wildman–Crippen LogP) is 2.35. The molecule has 7 heteroatoms. The molecule has 1 heterocycles. The van der Waals surface area contributed by atoms with Crippen molar-refractivity contribution in [3.63, 3.8) is 0 Å². The summed E-state index contributed by atoms with van der Waals surface area (Å²) in [6.45, 7) is 0.933. The number of anilines is 1. The fourth-order valence-electron chi connectivity index (χ4n) is 2.31. The van der Waals surface area contributed by atoms with E-state index in [-0.39, 0.29) is 30.0 Å². The molecule has 1 aromatic rings. The highest BCUT2D eigenvalue weighted by atomic mass is 35.5. The van der Waals surface area contributed by atoms with Crippen molar-refractivity contribution < 1.29 is 18.7 Å². The van der Waals surface area contributed by atoms with Gasteiger partial charge in [0.15, 0.2) is 17.3 Å². The Balaban J connectivity index is 0.00000220. The van der Waals surface area contributed by atoms with E-state index in [0.717, 1.165) is 19.4 Å². The molecule has 1 fully saturated rings. The van der Waals surface area contributed by atoms with Gasteiger partial charge in [-0.05, 0) is 19.4 Å². The molecular formula is C14H20ClFN2O3. The van der Waals surface area contributed by atoms with Gasteiger partial charge in [-0.1, -0.05) is 0 Å². The summed E-state index contributed by atoms with van der Waals surface area (Å²) in [7, 11) is 2.89. The lowest BCUT2D eigenvalue weighted by Gasteiger charge is -2.13. The van der Waals surface area contributed by atoms with Gasteiger partial charge in [-0.25, -0.2) is 4.39 Å². The largest absolute Gasteiger partial charge is 0.493 e. The Morgan fingerprint density at radius 2 is 2.05 bits per heavy atom. The van der Waals surface area contributed by atoms with E-state index in [9.17, 15) is 9.18 Å². The molecule has 1 saturated heterocycles. The molecular weight excluding hydrogens is 299 g/mol. The van der Waals surface area contributed by atoms with E-state index in [1.165, 1.54) is 26.4 Å². The molecule has 1 aliphatic rings. The summed E-state index contributed by atoms with van der Waals surface area (Å²) in [5.74, 6) is -0.0884. The fraction of sp³-hybridized carbons (Fsp3) is 0.500. The number of ether oxygens (including phenoxy) is 2. The first kappa shape index (κ1) is 17.5. The third-order valence-electron chi connectivity index (χ3n) is 3.34. The summed E-state index contributed by atoms with van der Waals surface area (Å²) in [5.41, 5.74) is 0.102. The highest BCUT2D eigenvalue weighted by Gasteiger charge is 2.19. The van der Waals surface area contributed by atoms with Gasteiger partial charge in [-0.2, -0.15) is 0 Å². The maximum absolute atomic E-state index is 13.9. The van der Waals surface area contributed by atoms with E-state index >= 15 is 0 Å². The van der Waals surface area contributed by atoms with Crippen molar-refractivity contribution in [3.8, 4) is 11.5 Å². The quantitative estimate of drug-likeness (QED) is 0.875. The first-order valence-corrected chi connectivity index (χ1v) is 6.58. The van der Waals surface area contributed by atoms with Gasteiger partial charge in [-0.3, -0.25) is 4.79 Å². The van der Waals surface area contributed by atoms with Crippen LogP contribution >= 0.6 is 12.4 Å². The summed E-state index contributed by atoms with van der Waals surface area (Å²) < 4.78 is 23.9. The van der Waals surface area contributed by atoms with E-state index in [1.807, 2.05) is 0 Å². The SMILES string of the molecule is COc1cc(F)c(NC(=O)CC2CCCN2)cc1OC.Cl. The second-order valence-corrected chi connectivity index (χ2v) is 4.73. The number of hydrogen-bond acceptors (Lipinski definition) is 4. The number of nitrogens with one attached hydrogen (secondary N) is 2. The second-order valence-electron chi connectivity index (χ2n) is 4.73. The van der Waals surface area contributed by atoms with E-state index < -0.39 is 5.82 Å². The first-order valence-electron chi connectivity index (χ1n) is 6.58. The molecule has 1 amide bonds. The Morgan fingerprint density at radius 3 is 2.62 bits per heavy atom. The zero-order chi connectivity index (χ0) is 14.5. The Kier molecular flexibility index (Phi) is 6.71. The number of carbonyl (C=O) groups excluding carboxylic acids is 1. The van der Waals surface area contributed by atoms with Gasteiger partial charge in [0.2, 0.25) is 5.91 Å². The van der Waals surface area contributed by atoms with E-state index in [2.05, 4.69) is 10.6 Å². The number of halogens is 2. The lowest BCUT2D eigenvalue weighted by molar-refractivity contribution is -0.116. The fourth-order valence-corrected chi connectivity index (χ4v) is 2.31. The van der Waals surface area contributed by atoms with Crippen molar-refractivity contribution in [3.05, 3.63) is 17.9 Å². The average molecular weight is 319 g/mol. The van der Waals surface area contributed by atoms with Crippen LogP contribution in [0.5, 0.6) is 11.5 Å². The van der Waals surface area contributed by atoms with Crippen LogP contribution < -0.4 is 20.1 Å². The minimum absolute atomic E-state index is 0. The predicted molar refractivity (Wildman–Crippen MR) is 81.0 cm³/mol. The molecule has 0 spiro atoms. The standard InChI is InChI=1S/C14H19FN2O3.ClH/c1-19-12-7-10(15)11(8-13(12)20-2)17-14(18)6-9-4-3-5-16-9;/h7-9,16H,3-6H2,1-2H3,(H,17,18);1H. The molecule has 0 aliphatic carbocycles. The number of amides is 1. The van der Waals surface area contributed by atoms with Crippen molar-refractivity contribution in [2.24, 2.45) is 0 Å². The van der Waals surface area contributed by atoms with Gasteiger partial charge in [0, 0.05) is 24.6 Å². The van der Waals surface area contributed by atoms with E-state index in [0.29, 0.717) is 17.9 Å². The van der Waals surface area contributed by atoms with Crippen LogP contribution in [0.4, 0.5) is 10.1 Å². The molecule has 0 bridgehead atoms. The minimum atomic E-state index is -0.546. The molecule has 118 valence electrons. The van der Waals surface area contributed by atoms with Crippen LogP contribution in [0, 0.1) is 5.82 Å². The number of hydrogen-bond donors (Lipinski definition) is 2. The summed E-state index contributed by atoms with van der Waals surface area (Å²) in [4.78, 5) is 11.9. The van der Waals surface area contributed by atoms with Crippen molar-refractivity contribution in [2.75, 3.05) is 26.1 Å². The molecule has 5 nitrogen and oxygen atoms in total. The lowest BCUT2D eigenvalue weighted by Crippen LogP contribution is -2.27. The monoisotopic (exact) mass is 318 g/mol. The third kappa shape index (κ3) is 4.47. The molecule has 1 aliphatic heterocycles. The number of carbonyl (C=O) groups is 1. The van der Waals surface area contributed by atoms with Gasteiger partial charge in [-0.15, -0.1) is 12.4 Å². The second kappa shape index (κ2) is 8.05. The van der Waals surface area contributed by atoms with Crippen LogP contribution in [0.25, 0.3) is 0 Å². The zero-order valence-corrected chi connectivity index (χ0v) is 12.9. The molecule has 2 N–H and O–H groups in total. The molecule has 2 rings (SSSR count). The first-order chi connectivity index (χ1) is 9.63. The molecule has 1 atom stereocenters. The van der Waals surface area contributed by atoms with Gasteiger partial charge < -0.3 is 20.1 Å². The molecule has 0 aromatic heterocycles. The van der Waals surface area contributed by atoms with Crippen molar-refractivity contribution in [2.45, 2.75) is 25.3 Å². The summed E-state index contributed by atoms with van der Waals surface area (Å²) in [6.07, 6.45) is 2.39. The van der Waals surface area contributed by atoms with Gasteiger partial charge in [0.25, 0.3) is 0 Å². The molecule has 1 unspecified atom stereocenters. The van der Waals surface area contributed by atoms with E-state index in [4.69, 9.17) is 9.47 Å². The Hall–Kier alpha value is -1.53. The van der Waals surface area contributed by atoms with Crippen LogP contribution in [-0.4, -0.2) is 32.7 Å². The molecule has 1 aromatic carbocycles. The lowest BCUT2D eigenvalue weighted by atomic mass is 10.1. The van der Waals surface area contributed by atoms with Crippen LogP contribution in [0.1, 0.15) is 19.3 Å². The van der Waals surface area contributed by atoms with Gasteiger partial charge in [0.1, 0.15) is 0 Å². The average Bonchev–Trinajstić information content (AvgIpc) is 2.93. The van der Waals surface area contributed by atoms with Crippen molar-refractivity contribution >= 4 is 24.0 Å². The Bertz CT molecular complexity index is 493. The number of rotatable bonds is 5. The summed E-state index contributed by atoms with van der Waals surface area (Å²) in [6, 6.07) is 2.80. The number of methoxy groups -OCH3 is 2. The highest BCUT2D eigenvalue weighted by Crippen LogP contribution is 2.32. The molecule has 0 radical (unpaired) electrons. The molecule has 0 saturated carbocycles. The minimum Gasteiger partial charge on any atom is -0.493 e. The normalized spacial score (nSPS) is 17.0. The van der Waals surface area contributed by atoms with Gasteiger partial charge >= 0.3 is 0 Å². The highest BCUT2D eigenvalue weighted by molar-refractivity contribution is 5.91. The Labute approximate surface area is 129 Å². The van der Waals surface area contributed by atoms with E-state index in [1.54, 1.807) is 0 Å². The smallest absolute Gasteiger partial charge is 0.226 e. The van der Waals surface area contributed by atoms with Crippen molar-refractivity contribution in [1.82, 2.24) is 5.32 Å². The topological polar surface area (TPSA) is 59.6 Å². The van der Waals surface area contributed by atoms with Gasteiger partial charge in [0.05, 0.1) is 19.9 Å². The summed E-state index contributed by atoms with van der Waals surface area (Å²) in [5, 5.41) is 5.80. The third-order valence-corrected chi connectivity index (χ3v) is 3.34. The maximum atomic E-state index is 13.9. The van der Waals surface area contributed by atoms with Crippen molar-refractivity contribution in [1.29, 1.82) is 0 Å². The maximum Gasteiger partial charge on any atom is 0.226 e. The molecule has 21 heavy (non-hydrogen) atoms. The van der Waals surface area contributed by atoms with Crippen LogP contribution in [0.2, 0.25) is 0 Å². The van der Waals surface area contributed by atoms with Crippen LogP contribution in [0.15, 0.2) is 12.1 Å². The van der Waals surface area contributed by atoms with Crippen LogP contribution in [0.3, 0.4) is 0 Å². The van der Waals surface area contributed by atoms with Crippen LogP contribution in [-0.2, 0) is 4.79 Å². The summed E-state index contributed by atoms with van der Waals surface area (Å²) >= 11 is 0.